The van der Waals surface area contributed by atoms with Crippen LogP contribution < -0.4 is 0 Å². The van der Waals surface area contributed by atoms with E-state index in [0.29, 0.717) is 5.82 Å². The fraction of sp³-hybridized carbons (Fsp3) is 0. The number of tetrazole rings is 1. The molecule has 3 aromatic rings. The molecule has 3 rings (SSSR count). The summed E-state index contributed by atoms with van der Waals surface area (Å²) < 4.78 is 0. The average Bonchev–Trinajstić information content (AvgIpc) is 2.90. The lowest BCUT2D eigenvalue weighted by Crippen LogP contribution is -1.98. The van der Waals surface area contributed by atoms with Gasteiger partial charge in [-0.05, 0) is 17.3 Å². The number of aromatic nitrogens is 4. The van der Waals surface area contributed by atoms with Crippen molar-refractivity contribution in [3.63, 3.8) is 0 Å². The Kier molecular flexibility index (Phi) is 3.69. The summed E-state index contributed by atoms with van der Waals surface area (Å²) in [5.41, 5.74) is 1.87. The molecule has 90 valence electrons. The minimum atomic E-state index is 0. The third-order valence-electron chi connectivity index (χ3n) is 2.43. The molecule has 0 fully saturated rings. The van der Waals surface area contributed by atoms with Crippen molar-refractivity contribution in [1.82, 2.24) is 20.2 Å². The van der Waals surface area contributed by atoms with Gasteiger partial charge in [0.15, 0.2) is 0 Å². The molecule has 1 heterocycles. The quantitative estimate of drug-likeness (QED) is 0.710. The van der Waals surface area contributed by atoms with Gasteiger partial charge in [0.25, 0.3) is 0 Å². The predicted octanol–water partition coefficient (Wildman–Crippen LogP) is 2.75. The van der Waals surface area contributed by atoms with Gasteiger partial charge in [0.05, 0.1) is 5.69 Å². The predicted molar refractivity (Wildman–Crippen MR) is 71.8 cm³/mol. The van der Waals surface area contributed by atoms with Gasteiger partial charge in [0.1, 0.15) is 0 Å². The molecule has 0 N–H and O–H groups in total. The zero-order valence-corrected chi connectivity index (χ0v) is 10.3. The van der Waals surface area contributed by atoms with E-state index in [4.69, 9.17) is 0 Å². The van der Waals surface area contributed by atoms with Gasteiger partial charge >= 0.3 is 0 Å². The van der Waals surface area contributed by atoms with Crippen LogP contribution in [-0.2, 0) is 0 Å². The van der Waals surface area contributed by atoms with Gasteiger partial charge in [0.2, 0.25) is 5.82 Å². The van der Waals surface area contributed by atoms with E-state index < -0.39 is 0 Å². The van der Waals surface area contributed by atoms with E-state index in [-0.39, 0.29) is 12.4 Å². The van der Waals surface area contributed by atoms with Crippen LogP contribution in [0.5, 0.6) is 0 Å². The van der Waals surface area contributed by atoms with Gasteiger partial charge in [-0.2, -0.15) is 0 Å². The molecule has 0 atom stereocenters. The minimum Gasteiger partial charge on any atom is -0.147 e. The summed E-state index contributed by atoms with van der Waals surface area (Å²) in [6, 6.07) is 19.5. The van der Waals surface area contributed by atoms with Crippen molar-refractivity contribution in [3.8, 4) is 17.1 Å². The summed E-state index contributed by atoms with van der Waals surface area (Å²) in [5, 5.41) is 12.4. The summed E-state index contributed by atoms with van der Waals surface area (Å²) in [6.07, 6.45) is 0. The number of para-hydroxylation sites is 1. The number of hydrogen-bond acceptors (Lipinski definition) is 3. The van der Waals surface area contributed by atoms with E-state index in [9.17, 15) is 0 Å². The maximum Gasteiger partial charge on any atom is 0.205 e. The van der Waals surface area contributed by atoms with Crippen molar-refractivity contribution >= 4 is 12.4 Å². The standard InChI is InChI=1S/C13H10N4.ClH/c1-3-7-11(8-4-1)13-14-16-17(15-13)12-9-5-2-6-10-12;/h1-10H;1H. The van der Waals surface area contributed by atoms with Crippen molar-refractivity contribution in [1.29, 1.82) is 0 Å². The maximum absolute atomic E-state index is 4.35. The van der Waals surface area contributed by atoms with Gasteiger partial charge in [-0.1, -0.05) is 48.5 Å². The highest BCUT2D eigenvalue weighted by atomic mass is 35.5. The lowest BCUT2D eigenvalue weighted by Gasteiger charge is -1.95. The third-order valence-corrected chi connectivity index (χ3v) is 2.43. The number of halogens is 1. The minimum absolute atomic E-state index is 0. The first-order valence-electron chi connectivity index (χ1n) is 5.34. The molecule has 0 saturated carbocycles. The largest absolute Gasteiger partial charge is 0.205 e. The highest BCUT2D eigenvalue weighted by Crippen LogP contribution is 2.13. The molecular formula is C13H11ClN4. The van der Waals surface area contributed by atoms with Crippen LogP contribution in [0.15, 0.2) is 60.7 Å². The van der Waals surface area contributed by atoms with Crippen molar-refractivity contribution in [3.05, 3.63) is 60.7 Å². The SMILES string of the molecule is Cl.c1ccc(-c2nnn(-c3ccccc3)n2)cc1. The highest BCUT2D eigenvalue weighted by molar-refractivity contribution is 5.85. The Morgan fingerprint density at radius 1 is 0.778 bits per heavy atom. The third kappa shape index (κ3) is 2.38. The molecule has 0 radical (unpaired) electrons. The zero-order chi connectivity index (χ0) is 11.5. The molecule has 2 aromatic carbocycles. The first-order chi connectivity index (χ1) is 8.43. The average molecular weight is 259 g/mol. The molecule has 0 bridgehead atoms. The molecule has 0 aliphatic carbocycles. The molecule has 0 aliphatic rings. The Bertz CT molecular complexity index is 553. The molecular weight excluding hydrogens is 248 g/mol. The van der Waals surface area contributed by atoms with Gasteiger partial charge in [0, 0.05) is 5.56 Å². The summed E-state index contributed by atoms with van der Waals surface area (Å²) in [6.45, 7) is 0. The topological polar surface area (TPSA) is 43.6 Å². The monoisotopic (exact) mass is 258 g/mol. The molecule has 0 spiro atoms. The van der Waals surface area contributed by atoms with Crippen molar-refractivity contribution < 1.29 is 0 Å². The van der Waals surface area contributed by atoms with Crippen LogP contribution in [0.25, 0.3) is 17.1 Å². The van der Waals surface area contributed by atoms with Crippen LogP contribution in [-0.4, -0.2) is 20.2 Å². The second kappa shape index (κ2) is 5.42. The molecule has 18 heavy (non-hydrogen) atoms. The van der Waals surface area contributed by atoms with E-state index in [0.717, 1.165) is 11.3 Å². The van der Waals surface area contributed by atoms with Crippen molar-refractivity contribution in [2.45, 2.75) is 0 Å². The lowest BCUT2D eigenvalue weighted by molar-refractivity contribution is 0.720. The number of hydrogen-bond donors (Lipinski definition) is 0. The molecule has 4 nitrogen and oxygen atoms in total. The van der Waals surface area contributed by atoms with Crippen LogP contribution in [0.2, 0.25) is 0 Å². The highest BCUT2D eigenvalue weighted by Gasteiger charge is 2.05. The molecule has 0 saturated heterocycles. The number of rotatable bonds is 2. The summed E-state index contributed by atoms with van der Waals surface area (Å²) in [7, 11) is 0. The zero-order valence-electron chi connectivity index (χ0n) is 9.47. The van der Waals surface area contributed by atoms with Gasteiger partial charge in [-0.3, -0.25) is 0 Å². The van der Waals surface area contributed by atoms with E-state index in [1.54, 1.807) is 0 Å². The summed E-state index contributed by atoms with van der Waals surface area (Å²) in [4.78, 5) is 1.53. The van der Waals surface area contributed by atoms with E-state index in [1.165, 1.54) is 4.80 Å². The molecule has 0 aliphatic heterocycles. The summed E-state index contributed by atoms with van der Waals surface area (Å²) in [5.74, 6) is 0.634. The van der Waals surface area contributed by atoms with Gasteiger partial charge < -0.3 is 0 Å². The second-order valence-corrected chi connectivity index (χ2v) is 3.60. The Balaban J connectivity index is 0.00000120. The lowest BCUT2D eigenvalue weighted by atomic mass is 10.2. The first-order valence-corrected chi connectivity index (χ1v) is 5.34. The Labute approximate surface area is 111 Å². The number of benzene rings is 2. The molecule has 0 unspecified atom stereocenters. The maximum atomic E-state index is 4.35. The van der Waals surface area contributed by atoms with Crippen LogP contribution in [0, 0.1) is 0 Å². The molecule has 1 aromatic heterocycles. The normalized spacial score (nSPS) is 9.78. The van der Waals surface area contributed by atoms with Crippen LogP contribution in [0.1, 0.15) is 0 Å². The Hall–Kier alpha value is -2.20. The molecule has 5 heteroatoms. The van der Waals surface area contributed by atoms with Crippen LogP contribution in [0.4, 0.5) is 0 Å². The summed E-state index contributed by atoms with van der Waals surface area (Å²) >= 11 is 0. The van der Waals surface area contributed by atoms with Crippen molar-refractivity contribution in [2.75, 3.05) is 0 Å². The van der Waals surface area contributed by atoms with Crippen molar-refractivity contribution in [2.24, 2.45) is 0 Å². The Morgan fingerprint density at radius 3 is 2.06 bits per heavy atom. The van der Waals surface area contributed by atoms with E-state index in [1.807, 2.05) is 60.7 Å². The van der Waals surface area contributed by atoms with Crippen LogP contribution in [0.3, 0.4) is 0 Å². The molecule has 0 amide bonds. The number of nitrogens with zero attached hydrogens (tertiary/aromatic N) is 4. The van der Waals surface area contributed by atoms with Gasteiger partial charge in [-0.15, -0.1) is 27.4 Å². The van der Waals surface area contributed by atoms with Crippen LogP contribution >= 0.6 is 12.4 Å². The Morgan fingerprint density at radius 2 is 1.39 bits per heavy atom. The van der Waals surface area contributed by atoms with E-state index in [2.05, 4.69) is 15.4 Å². The fourth-order valence-corrected chi connectivity index (χ4v) is 1.59. The second-order valence-electron chi connectivity index (χ2n) is 3.60. The van der Waals surface area contributed by atoms with Gasteiger partial charge in [-0.25, -0.2) is 0 Å². The van der Waals surface area contributed by atoms with E-state index >= 15 is 0 Å². The fourth-order valence-electron chi connectivity index (χ4n) is 1.59. The smallest absolute Gasteiger partial charge is 0.147 e. The first kappa shape index (κ1) is 12.3.